The molecule has 2 atom stereocenters. The Morgan fingerprint density at radius 1 is 1.44 bits per heavy atom. The predicted octanol–water partition coefficient (Wildman–Crippen LogP) is 2.01. The fraction of sp³-hybridized carbons (Fsp3) is 0.500. The average molecular weight is 248 g/mol. The van der Waals surface area contributed by atoms with E-state index in [4.69, 9.17) is 10.5 Å². The maximum Gasteiger partial charge on any atom is 0.227 e. The number of methoxy groups -OCH3 is 1. The van der Waals surface area contributed by atoms with Crippen molar-refractivity contribution in [3.05, 3.63) is 24.3 Å². The summed E-state index contributed by atoms with van der Waals surface area (Å²) in [6.07, 6.45) is 3.08. The van der Waals surface area contributed by atoms with Crippen LogP contribution < -0.4 is 15.8 Å². The molecule has 4 heteroatoms. The number of rotatable bonds is 4. The molecule has 0 aromatic heterocycles. The highest BCUT2D eigenvalue weighted by atomic mass is 16.5. The molecule has 2 unspecified atom stereocenters. The van der Waals surface area contributed by atoms with E-state index >= 15 is 0 Å². The van der Waals surface area contributed by atoms with E-state index in [-0.39, 0.29) is 11.8 Å². The molecule has 0 radical (unpaired) electrons. The lowest BCUT2D eigenvalue weighted by molar-refractivity contribution is -0.120. The Balaban J connectivity index is 2.07. The molecule has 4 nitrogen and oxygen atoms in total. The first kappa shape index (κ1) is 12.9. The second-order valence-corrected chi connectivity index (χ2v) is 4.72. The van der Waals surface area contributed by atoms with Crippen molar-refractivity contribution in [2.45, 2.75) is 19.3 Å². The lowest BCUT2D eigenvalue weighted by atomic mass is 9.95. The topological polar surface area (TPSA) is 64.3 Å². The summed E-state index contributed by atoms with van der Waals surface area (Å²) < 4.78 is 5.22. The second-order valence-electron chi connectivity index (χ2n) is 4.72. The Morgan fingerprint density at radius 3 is 2.94 bits per heavy atom. The van der Waals surface area contributed by atoms with E-state index in [1.807, 2.05) is 24.3 Å². The van der Waals surface area contributed by atoms with Gasteiger partial charge in [0.2, 0.25) is 5.91 Å². The Bertz CT molecular complexity index is 420. The van der Waals surface area contributed by atoms with Gasteiger partial charge in [0.1, 0.15) is 5.75 Å². The molecule has 1 saturated carbocycles. The summed E-state index contributed by atoms with van der Waals surface area (Å²) in [5.41, 5.74) is 6.44. The van der Waals surface area contributed by atoms with Gasteiger partial charge in [0.05, 0.1) is 12.8 Å². The Morgan fingerprint density at radius 2 is 2.22 bits per heavy atom. The zero-order valence-electron chi connectivity index (χ0n) is 10.7. The van der Waals surface area contributed by atoms with Crippen molar-refractivity contribution in [1.82, 2.24) is 0 Å². The fourth-order valence-electron chi connectivity index (χ4n) is 2.64. The minimum Gasteiger partial charge on any atom is -0.495 e. The highest BCUT2D eigenvalue weighted by Crippen LogP contribution is 2.33. The summed E-state index contributed by atoms with van der Waals surface area (Å²) in [6, 6.07) is 7.45. The average Bonchev–Trinajstić information content (AvgIpc) is 2.87. The van der Waals surface area contributed by atoms with Crippen LogP contribution in [0.2, 0.25) is 0 Å². The van der Waals surface area contributed by atoms with Gasteiger partial charge in [-0.15, -0.1) is 0 Å². The summed E-state index contributed by atoms with van der Waals surface area (Å²) in [7, 11) is 1.60. The first-order valence-electron chi connectivity index (χ1n) is 6.40. The summed E-state index contributed by atoms with van der Waals surface area (Å²) in [6.45, 7) is 0.587. The lowest BCUT2D eigenvalue weighted by Gasteiger charge is -2.18. The maximum absolute atomic E-state index is 12.2. The zero-order chi connectivity index (χ0) is 13.0. The number of nitrogens with two attached hydrogens (primary N) is 1. The van der Waals surface area contributed by atoms with Crippen LogP contribution in [0.1, 0.15) is 19.3 Å². The number of para-hydroxylation sites is 2. The summed E-state index contributed by atoms with van der Waals surface area (Å²) >= 11 is 0. The van der Waals surface area contributed by atoms with E-state index in [1.54, 1.807) is 7.11 Å². The molecule has 0 saturated heterocycles. The molecule has 1 aromatic rings. The molecule has 1 aliphatic rings. The van der Waals surface area contributed by atoms with Gasteiger partial charge in [0.15, 0.2) is 0 Å². The van der Waals surface area contributed by atoms with E-state index in [2.05, 4.69) is 5.32 Å². The molecule has 1 aromatic carbocycles. The molecule has 1 aliphatic carbocycles. The largest absolute Gasteiger partial charge is 0.495 e. The molecule has 0 aliphatic heterocycles. The van der Waals surface area contributed by atoms with E-state index in [1.165, 1.54) is 0 Å². The summed E-state index contributed by atoms with van der Waals surface area (Å²) in [5, 5.41) is 2.95. The fourth-order valence-corrected chi connectivity index (χ4v) is 2.64. The van der Waals surface area contributed by atoms with E-state index in [0.29, 0.717) is 18.2 Å². The van der Waals surface area contributed by atoms with Crippen LogP contribution in [-0.4, -0.2) is 19.6 Å². The van der Waals surface area contributed by atoms with Crippen molar-refractivity contribution in [3.63, 3.8) is 0 Å². The minimum absolute atomic E-state index is 0.0416. The molecule has 2 rings (SSSR count). The molecule has 1 fully saturated rings. The number of carbonyl (C=O) groups excluding carboxylic acids is 1. The van der Waals surface area contributed by atoms with E-state index in [9.17, 15) is 4.79 Å². The third-order valence-electron chi connectivity index (χ3n) is 3.66. The van der Waals surface area contributed by atoms with Crippen LogP contribution in [0.15, 0.2) is 24.3 Å². The molecule has 98 valence electrons. The number of carbonyl (C=O) groups is 1. The third-order valence-corrected chi connectivity index (χ3v) is 3.66. The number of hydrogen-bond donors (Lipinski definition) is 2. The highest BCUT2D eigenvalue weighted by Gasteiger charge is 2.32. The molecule has 18 heavy (non-hydrogen) atoms. The van der Waals surface area contributed by atoms with Gasteiger partial charge < -0.3 is 15.8 Å². The van der Waals surface area contributed by atoms with Crippen LogP contribution in [-0.2, 0) is 4.79 Å². The minimum atomic E-state index is 0.0416. The smallest absolute Gasteiger partial charge is 0.227 e. The molecular formula is C14H20N2O2. The second kappa shape index (κ2) is 5.87. The number of anilines is 1. The van der Waals surface area contributed by atoms with Crippen LogP contribution in [0.5, 0.6) is 5.75 Å². The van der Waals surface area contributed by atoms with Crippen LogP contribution in [0.3, 0.4) is 0 Å². The van der Waals surface area contributed by atoms with Crippen LogP contribution in [0.25, 0.3) is 0 Å². The van der Waals surface area contributed by atoms with Crippen molar-refractivity contribution in [2.75, 3.05) is 19.0 Å². The van der Waals surface area contributed by atoms with Crippen molar-refractivity contribution in [2.24, 2.45) is 17.6 Å². The summed E-state index contributed by atoms with van der Waals surface area (Å²) in [4.78, 5) is 12.2. The van der Waals surface area contributed by atoms with Gasteiger partial charge in [0.25, 0.3) is 0 Å². The van der Waals surface area contributed by atoms with Crippen molar-refractivity contribution in [1.29, 1.82) is 0 Å². The molecule has 0 heterocycles. The SMILES string of the molecule is COc1ccccc1NC(=O)C1CCCC1CN. The Hall–Kier alpha value is -1.55. The number of hydrogen-bond acceptors (Lipinski definition) is 3. The van der Waals surface area contributed by atoms with Gasteiger partial charge in [0, 0.05) is 5.92 Å². The van der Waals surface area contributed by atoms with E-state index < -0.39 is 0 Å². The first-order chi connectivity index (χ1) is 8.76. The lowest BCUT2D eigenvalue weighted by Crippen LogP contribution is -2.29. The predicted molar refractivity (Wildman–Crippen MR) is 71.5 cm³/mol. The first-order valence-corrected chi connectivity index (χ1v) is 6.40. The van der Waals surface area contributed by atoms with Crippen LogP contribution in [0.4, 0.5) is 5.69 Å². The molecule has 0 bridgehead atoms. The summed E-state index contributed by atoms with van der Waals surface area (Å²) in [5.74, 6) is 1.11. The Labute approximate surface area is 108 Å². The van der Waals surface area contributed by atoms with Gasteiger partial charge in [-0.25, -0.2) is 0 Å². The van der Waals surface area contributed by atoms with Crippen molar-refractivity contribution < 1.29 is 9.53 Å². The third kappa shape index (κ3) is 2.64. The van der Waals surface area contributed by atoms with Gasteiger partial charge in [-0.3, -0.25) is 4.79 Å². The normalized spacial score (nSPS) is 22.8. The Kier molecular flexibility index (Phi) is 4.20. The monoisotopic (exact) mass is 248 g/mol. The number of benzene rings is 1. The maximum atomic E-state index is 12.2. The van der Waals surface area contributed by atoms with Crippen molar-refractivity contribution >= 4 is 11.6 Å². The van der Waals surface area contributed by atoms with Crippen LogP contribution in [0, 0.1) is 11.8 Å². The van der Waals surface area contributed by atoms with Gasteiger partial charge in [-0.1, -0.05) is 18.6 Å². The number of ether oxygens (including phenoxy) is 1. The van der Waals surface area contributed by atoms with Crippen LogP contribution >= 0.6 is 0 Å². The quantitative estimate of drug-likeness (QED) is 0.856. The zero-order valence-corrected chi connectivity index (χ0v) is 10.7. The van der Waals surface area contributed by atoms with E-state index in [0.717, 1.165) is 24.9 Å². The molecule has 3 N–H and O–H groups in total. The number of amides is 1. The van der Waals surface area contributed by atoms with Gasteiger partial charge in [-0.05, 0) is 37.4 Å². The highest BCUT2D eigenvalue weighted by molar-refractivity contribution is 5.94. The molecule has 0 spiro atoms. The standard InChI is InChI=1S/C14H20N2O2/c1-18-13-8-3-2-7-12(13)16-14(17)11-6-4-5-10(11)9-15/h2-3,7-8,10-11H,4-6,9,15H2,1H3,(H,16,17). The van der Waals surface area contributed by atoms with Gasteiger partial charge >= 0.3 is 0 Å². The van der Waals surface area contributed by atoms with Gasteiger partial charge in [-0.2, -0.15) is 0 Å². The molecule has 1 amide bonds. The number of nitrogens with one attached hydrogen (secondary N) is 1. The molecular weight excluding hydrogens is 228 g/mol. The van der Waals surface area contributed by atoms with Crippen molar-refractivity contribution in [3.8, 4) is 5.75 Å².